The van der Waals surface area contributed by atoms with Crippen molar-refractivity contribution in [2.45, 2.75) is 52.1 Å². The second-order valence-corrected chi connectivity index (χ2v) is 3.37. The summed E-state index contributed by atoms with van der Waals surface area (Å²) in [4.78, 5) is 0. The Morgan fingerprint density at radius 3 is 2.55 bits per heavy atom. The van der Waals surface area contributed by atoms with Gasteiger partial charge in [-0.3, -0.25) is 0 Å². The second-order valence-electron chi connectivity index (χ2n) is 3.37. The molecule has 0 heterocycles. The SMILES string of the molecule is C/C=C/CC(C)(O)CCCC. The summed E-state index contributed by atoms with van der Waals surface area (Å²) in [6, 6.07) is 0. The van der Waals surface area contributed by atoms with Gasteiger partial charge in [0.05, 0.1) is 5.60 Å². The minimum absolute atomic E-state index is 0.484. The van der Waals surface area contributed by atoms with Crippen LogP contribution in [0.25, 0.3) is 0 Å². The first-order valence-electron chi connectivity index (χ1n) is 4.46. The predicted molar refractivity (Wildman–Crippen MR) is 49.6 cm³/mol. The van der Waals surface area contributed by atoms with Gasteiger partial charge >= 0.3 is 0 Å². The Morgan fingerprint density at radius 2 is 2.09 bits per heavy atom. The van der Waals surface area contributed by atoms with Crippen LogP contribution in [-0.4, -0.2) is 10.7 Å². The van der Waals surface area contributed by atoms with E-state index in [0.29, 0.717) is 0 Å². The van der Waals surface area contributed by atoms with Gasteiger partial charge in [0, 0.05) is 0 Å². The summed E-state index contributed by atoms with van der Waals surface area (Å²) >= 11 is 0. The van der Waals surface area contributed by atoms with Crippen molar-refractivity contribution in [3.8, 4) is 0 Å². The zero-order valence-corrected chi connectivity index (χ0v) is 7.93. The Labute approximate surface area is 70.1 Å². The van der Waals surface area contributed by atoms with Crippen LogP contribution in [0.15, 0.2) is 12.2 Å². The fraction of sp³-hybridized carbons (Fsp3) is 0.800. The number of rotatable bonds is 5. The molecule has 0 rings (SSSR count). The van der Waals surface area contributed by atoms with E-state index in [1.165, 1.54) is 0 Å². The fourth-order valence-electron chi connectivity index (χ4n) is 1.03. The molecule has 0 saturated heterocycles. The molecular formula is C10H20O. The van der Waals surface area contributed by atoms with Gasteiger partial charge in [-0.1, -0.05) is 31.9 Å². The van der Waals surface area contributed by atoms with Crippen LogP contribution in [0.3, 0.4) is 0 Å². The van der Waals surface area contributed by atoms with E-state index in [4.69, 9.17) is 0 Å². The molecule has 0 aromatic heterocycles. The highest BCUT2D eigenvalue weighted by atomic mass is 16.3. The van der Waals surface area contributed by atoms with Gasteiger partial charge < -0.3 is 5.11 Å². The highest BCUT2D eigenvalue weighted by Gasteiger charge is 2.16. The molecule has 1 unspecified atom stereocenters. The molecule has 0 fully saturated rings. The van der Waals surface area contributed by atoms with Crippen molar-refractivity contribution in [1.82, 2.24) is 0 Å². The topological polar surface area (TPSA) is 20.2 Å². The maximum atomic E-state index is 9.73. The molecule has 0 aliphatic rings. The smallest absolute Gasteiger partial charge is 0.0654 e. The van der Waals surface area contributed by atoms with Gasteiger partial charge in [-0.25, -0.2) is 0 Å². The fourth-order valence-corrected chi connectivity index (χ4v) is 1.03. The standard InChI is InChI=1S/C10H20O/c1-4-6-8-10(3,11)9-7-5-2/h4,6,11H,5,7-9H2,1-3H3/b6-4+. The molecule has 0 aromatic rings. The predicted octanol–water partition coefficient (Wildman–Crippen LogP) is 2.89. The molecule has 1 heteroatoms. The van der Waals surface area contributed by atoms with E-state index in [-0.39, 0.29) is 0 Å². The van der Waals surface area contributed by atoms with E-state index in [9.17, 15) is 5.11 Å². The number of allylic oxidation sites excluding steroid dienone is 1. The van der Waals surface area contributed by atoms with Crippen LogP contribution < -0.4 is 0 Å². The maximum Gasteiger partial charge on any atom is 0.0654 e. The van der Waals surface area contributed by atoms with Gasteiger partial charge in [0.15, 0.2) is 0 Å². The number of hydrogen-bond acceptors (Lipinski definition) is 1. The number of aliphatic hydroxyl groups is 1. The van der Waals surface area contributed by atoms with E-state index in [0.717, 1.165) is 25.7 Å². The third kappa shape index (κ3) is 6.11. The van der Waals surface area contributed by atoms with Crippen molar-refractivity contribution in [3.05, 3.63) is 12.2 Å². The summed E-state index contributed by atoms with van der Waals surface area (Å²) in [5, 5.41) is 9.73. The average molecular weight is 156 g/mol. The van der Waals surface area contributed by atoms with Crippen LogP contribution in [0.2, 0.25) is 0 Å². The third-order valence-corrected chi connectivity index (χ3v) is 1.86. The van der Waals surface area contributed by atoms with Crippen molar-refractivity contribution in [2.75, 3.05) is 0 Å². The van der Waals surface area contributed by atoms with E-state index in [1.807, 2.05) is 26.0 Å². The Bertz CT molecular complexity index is 114. The monoisotopic (exact) mass is 156 g/mol. The molecule has 0 aliphatic heterocycles. The molecule has 0 radical (unpaired) electrons. The maximum absolute atomic E-state index is 9.73. The van der Waals surface area contributed by atoms with Gasteiger partial charge in [0.25, 0.3) is 0 Å². The second kappa shape index (κ2) is 5.36. The molecule has 0 aromatic carbocycles. The molecule has 0 aliphatic carbocycles. The van der Waals surface area contributed by atoms with E-state index in [1.54, 1.807) is 0 Å². The Morgan fingerprint density at radius 1 is 1.45 bits per heavy atom. The summed E-state index contributed by atoms with van der Waals surface area (Å²) in [5.74, 6) is 0. The van der Waals surface area contributed by atoms with Gasteiger partial charge in [-0.05, 0) is 26.7 Å². The lowest BCUT2D eigenvalue weighted by atomic mass is 9.95. The zero-order valence-electron chi connectivity index (χ0n) is 7.93. The summed E-state index contributed by atoms with van der Waals surface area (Å²) in [5.41, 5.74) is -0.484. The van der Waals surface area contributed by atoms with Crippen LogP contribution >= 0.6 is 0 Å². The van der Waals surface area contributed by atoms with Crippen LogP contribution in [0, 0.1) is 0 Å². The molecule has 66 valence electrons. The molecule has 0 spiro atoms. The molecule has 11 heavy (non-hydrogen) atoms. The average Bonchev–Trinajstić information content (AvgIpc) is 1.97. The molecule has 0 amide bonds. The van der Waals surface area contributed by atoms with Gasteiger partial charge in [0.2, 0.25) is 0 Å². The largest absolute Gasteiger partial charge is 0.390 e. The van der Waals surface area contributed by atoms with Crippen LogP contribution in [-0.2, 0) is 0 Å². The van der Waals surface area contributed by atoms with Gasteiger partial charge in [-0.15, -0.1) is 0 Å². The first kappa shape index (κ1) is 10.7. The summed E-state index contributed by atoms with van der Waals surface area (Å²) in [6.07, 6.45) is 7.98. The van der Waals surface area contributed by atoms with Crippen LogP contribution in [0.4, 0.5) is 0 Å². The first-order valence-corrected chi connectivity index (χ1v) is 4.46. The normalized spacial score (nSPS) is 17.1. The molecule has 1 atom stereocenters. The van der Waals surface area contributed by atoms with Crippen LogP contribution in [0.5, 0.6) is 0 Å². The number of hydrogen-bond donors (Lipinski definition) is 1. The van der Waals surface area contributed by atoms with Crippen molar-refractivity contribution >= 4 is 0 Å². The summed E-state index contributed by atoms with van der Waals surface area (Å²) < 4.78 is 0. The van der Waals surface area contributed by atoms with Crippen LogP contribution in [0.1, 0.15) is 46.5 Å². The lowest BCUT2D eigenvalue weighted by Crippen LogP contribution is -2.22. The minimum Gasteiger partial charge on any atom is -0.390 e. The van der Waals surface area contributed by atoms with E-state index in [2.05, 4.69) is 6.92 Å². The summed E-state index contributed by atoms with van der Waals surface area (Å²) in [7, 11) is 0. The third-order valence-electron chi connectivity index (χ3n) is 1.86. The minimum atomic E-state index is -0.484. The first-order chi connectivity index (χ1) is 5.12. The van der Waals surface area contributed by atoms with Crippen molar-refractivity contribution in [3.63, 3.8) is 0 Å². The quantitative estimate of drug-likeness (QED) is 0.607. The van der Waals surface area contributed by atoms with E-state index >= 15 is 0 Å². The lowest BCUT2D eigenvalue weighted by Gasteiger charge is -2.20. The Hall–Kier alpha value is -0.300. The summed E-state index contributed by atoms with van der Waals surface area (Å²) in [6.45, 7) is 6.03. The van der Waals surface area contributed by atoms with Crippen molar-refractivity contribution < 1.29 is 5.11 Å². The molecule has 1 nitrogen and oxygen atoms in total. The molecule has 0 saturated carbocycles. The van der Waals surface area contributed by atoms with Gasteiger partial charge in [0.1, 0.15) is 0 Å². The Balaban J connectivity index is 3.60. The highest BCUT2D eigenvalue weighted by molar-refractivity contribution is 4.86. The Kier molecular flexibility index (Phi) is 5.22. The highest BCUT2D eigenvalue weighted by Crippen LogP contribution is 2.17. The van der Waals surface area contributed by atoms with Crippen molar-refractivity contribution in [2.24, 2.45) is 0 Å². The van der Waals surface area contributed by atoms with Gasteiger partial charge in [-0.2, -0.15) is 0 Å². The van der Waals surface area contributed by atoms with E-state index < -0.39 is 5.60 Å². The van der Waals surface area contributed by atoms with Crippen molar-refractivity contribution in [1.29, 1.82) is 0 Å². The molecular weight excluding hydrogens is 136 g/mol. The zero-order chi connectivity index (χ0) is 8.74. The molecule has 1 N–H and O–H groups in total. The lowest BCUT2D eigenvalue weighted by molar-refractivity contribution is 0.0517. The number of unbranched alkanes of at least 4 members (excludes halogenated alkanes) is 1. The molecule has 0 bridgehead atoms.